The minimum atomic E-state index is -3.59. The molecule has 0 atom stereocenters. The van der Waals surface area contributed by atoms with Gasteiger partial charge in [-0.05, 0) is 46.6 Å². The Morgan fingerprint density at radius 2 is 2.00 bits per heavy atom. The summed E-state index contributed by atoms with van der Waals surface area (Å²) in [5.41, 5.74) is 0.869. The number of ether oxygens (including phenoxy) is 1. The van der Waals surface area contributed by atoms with Crippen molar-refractivity contribution in [1.29, 1.82) is 0 Å². The highest BCUT2D eigenvalue weighted by Gasteiger charge is 2.19. The number of methoxy groups -OCH3 is 1. The first-order valence-corrected chi connectivity index (χ1v) is 7.42. The number of hydrogen-bond donors (Lipinski definition) is 0. The van der Waals surface area contributed by atoms with Gasteiger partial charge in [-0.2, -0.15) is 0 Å². The van der Waals surface area contributed by atoms with Crippen LogP contribution in [-0.4, -0.2) is 19.5 Å². The van der Waals surface area contributed by atoms with E-state index in [2.05, 4.69) is 15.9 Å². The summed E-state index contributed by atoms with van der Waals surface area (Å²) in [5.74, 6) is 0.510. The second kappa shape index (κ2) is 4.78. The Bertz CT molecular complexity index is 676. The van der Waals surface area contributed by atoms with E-state index in [0.717, 1.165) is 5.56 Å². The molecule has 0 amide bonds. The standard InChI is InChI=1S/C12H12BrNO3S/c1-9-6-12(13)14(8-9)18(15,16)11-5-3-4-10(7-11)17-2/h3-8H,1-2H3. The number of rotatable bonds is 3. The maximum absolute atomic E-state index is 12.4. The number of aromatic nitrogens is 1. The molecule has 0 spiro atoms. The fourth-order valence-electron chi connectivity index (χ4n) is 1.59. The van der Waals surface area contributed by atoms with Gasteiger partial charge >= 0.3 is 0 Å². The molecule has 2 aromatic rings. The van der Waals surface area contributed by atoms with E-state index in [1.807, 2.05) is 6.92 Å². The van der Waals surface area contributed by atoms with Crippen molar-refractivity contribution in [2.24, 2.45) is 0 Å². The van der Waals surface area contributed by atoms with Crippen LogP contribution in [0.15, 0.2) is 46.0 Å². The van der Waals surface area contributed by atoms with Crippen molar-refractivity contribution in [3.8, 4) is 5.75 Å². The van der Waals surface area contributed by atoms with Crippen LogP contribution in [0, 0.1) is 6.92 Å². The Morgan fingerprint density at radius 1 is 1.28 bits per heavy atom. The van der Waals surface area contributed by atoms with Crippen LogP contribution in [0.3, 0.4) is 0 Å². The molecule has 0 saturated heterocycles. The molecule has 1 aromatic carbocycles. The first kappa shape index (κ1) is 13.2. The zero-order chi connectivity index (χ0) is 13.3. The van der Waals surface area contributed by atoms with Gasteiger partial charge in [0.2, 0.25) is 0 Å². The van der Waals surface area contributed by atoms with E-state index in [4.69, 9.17) is 4.74 Å². The van der Waals surface area contributed by atoms with Crippen LogP contribution in [-0.2, 0) is 10.0 Å². The molecule has 0 bridgehead atoms. The average molecular weight is 330 g/mol. The minimum absolute atomic E-state index is 0.193. The monoisotopic (exact) mass is 329 g/mol. The molecule has 0 aliphatic carbocycles. The fourth-order valence-corrected chi connectivity index (χ4v) is 3.96. The molecule has 1 heterocycles. The molecule has 0 aliphatic heterocycles. The van der Waals surface area contributed by atoms with E-state index in [-0.39, 0.29) is 4.90 Å². The Balaban J connectivity index is 2.57. The summed E-state index contributed by atoms with van der Waals surface area (Å²) >= 11 is 3.24. The second-order valence-corrected chi connectivity index (χ2v) is 6.45. The molecule has 0 aliphatic rings. The zero-order valence-electron chi connectivity index (χ0n) is 9.92. The topological polar surface area (TPSA) is 48.3 Å². The third-order valence-corrected chi connectivity index (χ3v) is 4.99. The van der Waals surface area contributed by atoms with Gasteiger partial charge in [-0.25, -0.2) is 12.4 Å². The van der Waals surface area contributed by atoms with Gasteiger partial charge in [0, 0.05) is 12.3 Å². The lowest BCUT2D eigenvalue weighted by molar-refractivity contribution is 0.413. The van der Waals surface area contributed by atoms with Gasteiger partial charge in [0.1, 0.15) is 5.75 Å². The smallest absolute Gasteiger partial charge is 0.268 e. The van der Waals surface area contributed by atoms with Crippen molar-refractivity contribution < 1.29 is 13.2 Å². The lowest BCUT2D eigenvalue weighted by Crippen LogP contribution is -2.12. The number of nitrogens with zero attached hydrogens (tertiary/aromatic N) is 1. The van der Waals surface area contributed by atoms with Crippen molar-refractivity contribution in [3.05, 3.63) is 46.7 Å². The van der Waals surface area contributed by atoms with Gasteiger partial charge in [0.05, 0.1) is 16.6 Å². The van der Waals surface area contributed by atoms with Crippen molar-refractivity contribution in [1.82, 2.24) is 3.97 Å². The van der Waals surface area contributed by atoms with E-state index in [0.29, 0.717) is 10.4 Å². The normalized spacial score (nSPS) is 11.5. The lowest BCUT2D eigenvalue weighted by Gasteiger charge is -2.08. The van der Waals surface area contributed by atoms with Crippen LogP contribution in [0.4, 0.5) is 0 Å². The maximum atomic E-state index is 12.4. The summed E-state index contributed by atoms with van der Waals surface area (Å²) in [4.78, 5) is 0.193. The third kappa shape index (κ3) is 2.30. The molecule has 0 N–H and O–H groups in total. The molecule has 96 valence electrons. The Hall–Kier alpha value is -1.27. The minimum Gasteiger partial charge on any atom is -0.497 e. The van der Waals surface area contributed by atoms with Crippen LogP contribution in [0.2, 0.25) is 0 Å². The van der Waals surface area contributed by atoms with Gasteiger partial charge in [0.15, 0.2) is 0 Å². The van der Waals surface area contributed by atoms with E-state index in [1.165, 1.54) is 17.1 Å². The summed E-state index contributed by atoms with van der Waals surface area (Å²) in [6.45, 7) is 1.84. The molecular formula is C12H12BrNO3S. The van der Waals surface area contributed by atoms with Crippen molar-refractivity contribution in [2.75, 3.05) is 7.11 Å². The van der Waals surface area contributed by atoms with Gasteiger partial charge in [-0.3, -0.25) is 0 Å². The number of aryl methyl sites for hydroxylation is 1. The second-order valence-electron chi connectivity index (χ2n) is 3.82. The lowest BCUT2D eigenvalue weighted by atomic mass is 10.3. The van der Waals surface area contributed by atoms with E-state index < -0.39 is 10.0 Å². The van der Waals surface area contributed by atoms with Gasteiger partial charge in [-0.15, -0.1) is 0 Å². The van der Waals surface area contributed by atoms with Gasteiger partial charge in [-0.1, -0.05) is 6.07 Å². The quantitative estimate of drug-likeness (QED) is 0.869. The van der Waals surface area contributed by atoms with Crippen molar-refractivity contribution in [2.45, 2.75) is 11.8 Å². The zero-order valence-corrected chi connectivity index (χ0v) is 12.3. The van der Waals surface area contributed by atoms with Gasteiger partial charge in [0.25, 0.3) is 10.0 Å². The summed E-state index contributed by atoms with van der Waals surface area (Å²) in [5, 5.41) is 0. The highest BCUT2D eigenvalue weighted by molar-refractivity contribution is 9.10. The van der Waals surface area contributed by atoms with Crippen LogP contribution < -0.4 is 4.74 Å². The molecule has 0 saturated carbocycles. The molecule has 2 rings (SSSR count). The average Bonchev–Trinajstić information content (AvgIpc) is 2.69. The molecule has 1 aromatic heterocycles. The van der Waals surface area contributed by atoms with Crippen LogP contribution in [0.5, 0.6) is 5.75 Å². The van der Waals surface area contributed by atoms with E-state index in [1.54, 1.807) is 30.5 Å². The summed E-state index contributed by atoms with van der Waals surface area (Å²) in [7, 11) is -2.09. The van der Waals surface area contributed by atoms with E-state index >= 15 is 0 Å². The molecule has 18 heavy (non-hydrogen) atoms. The molecular weight excluding hydrogens is 318 g/mol. The number of benzene rings is 1. The van der Waals surface area contributed by atoms with Crippen molar-refractivity contribution >= 4 is 26.0 Å². The predicted octanol–water partition coefficient (Wildman–Crippen LogP) is 2.80. The summed E-state index contributed by atoms with van der Waals surface area (Å²) < 4.78 is 31.6. The largest absolute Gasteiger partial charge is 0.497 e. The van der Waals surface area contributed by atoms with Gasteiger partial charge < -0.3 is 4.74 Å². The Morgan fingerprint density at radius 3 is 2.56 bits per heavy atom. The van der Waals surface area contributed by atoms with Crippen molar-refractivity contribution in [3.63, 3.8) is 0 Å². The highest BCUT2D eigenvalue weighted by atomic mass is 79.9. The molecule has 4 nitrogen and oxygen atoms in total. The Labute approximate surface area is 114 Å². The molecule has 0 fully saturated rings. The van der Waals surface area contributed by atoms with Crippen LogP contribution in [0.1, 0.15) is 5.56 Å². The number of hydrogen-bond acceptors (Lipinski definition) is 3. The molecule has 0 unspecified atom stereocenters. The molecule has 6 heteroatoms. The maximum Gasteiger partial charge on any atom is 0.268 e. The third-order valence-electron chi connectivity index (χ3n) is 2.48. The first-order chi connectivity index (χ1) is 8.45. The SMILES string of the molecule is COc1cccc(S(=O)(=O)n2cc(C)cc2Br)c1. The highest BCUT2D eigenvalue weighted by Crippen LogP contribution is 2.24. The fraction of sp³-hybridized carbons (Fsp3) is 0.167. The van der Waals surface area contributed by atoms with Crippen LogP contribution in [0.25, 0.3) is 0 Å². The van der Waals surface area contributed by atoms with E-state index in [9.17, 15) is 8.42 Å². The number of halogens is 1. The molecule has 0 radical (unpaired) electrons. The predicted molar refractivity (Wildman–Crippen MR) is 72.4 cm³/mol. The first-order valence-electron chi connectivity index (χ1n) is 5.19. The van der Waals surface area contributed by atoms with Crippen LogP contribution >= 0.6 is 15.9 Å². The summed E-state index contributed by atoms with van der Waals surface area (Å²) in [6, 6.07) is 8.14. The summed E-state index contributed by atoms with van der Waals surface area (Å²) in [6.07, 6.45) is 1.57. The Kier molecular flexibility index (Phi) is 3.49.